The van der Waals surface area contributed by atoms with Gasteiger partial charge in [-0.15, -0.1) is 46.8 Å². The Labute approximate surface area is 366 Å². The Morgan fingerprint density at radius 1 is 0.638 bits per heavy atom. The van der Waals surface area contributed by atoms with Gasteiger partial charge < -0.3 is 9.55 Å². The number of hydrogen-bond acceptors (Lipinski definition) is 3. The molecular formula is C53H39IrN3S-2. The van der Waals surface area contributed by atoms with Crippen molar-refractivity contribution in [1.29, 1.82) is 0 Å². The van der Waals surface area contributed by atoms with E-state index < -0.39 is 13.7 Å². The van der Waals surface area contributed by atoms with Crippen molar-refractivity contribution in [3.05, 3.63) is 222 Å². The SMILES string of the molecule is [2H]C([2H])([2H])c1c[c-]c(-c2ccc(C([2H])([2H])[2H])cn2)cc1.[Ir].[c-]1sc2ccc(Cc3ccccc3)cc2c1-c1nc2ccccc2n1-c1c(-c2ccccc2)cccc1-c1ccccc1. The average molecular weight is 948 g/mol. The summed E-state index contributed by atoms with van der Waals surface area (Å²) in [5.74, 6) is 0.907. The van der Waals surface area contributed by atoms with Crippen LogP contribution in [0.5, 0.6) is 0 Å². The summed E-state index contributed by atoms with van der Waals surface area (Å²) in [6.45, 7) is -4.34. The molecule has 10 rings (SSSR count). The van der Waals surface area contributed by atoms with Crippen LogP contribution in [0.1, 0.15) is 30.5 Å². The number of hydrogen-bond donors (Lipinski definition) is 0. The Morgan fingerprint density at radius 3 is 1.97 bits per heavy atom. The molecule has 0 aliphatic heterocycles. The summed E-state index contributed by atoms with van der Waals surface area (Å²) in [6.07, 6.45) is 2.19. The first-order chi connectivity index (χ1) is 30.5. The molecule has 0 unspecified atom stereocenters. The summed E-state index contributed by atoms with van der Waals surface area (Å²) in [6, 6.07) is 64.3. The molecule has 0 atom stereocenters. The Morgan fingerprint density at radius 2 is 1.31 bits per heavy atom. The van der Waals surface area contributed by atoms with Crippen molar-refractivity contribution < 1.29 is 28.3 Å². The number of fused-ring (bicyclic) bond motifs is 2. The van der Waals surface area contributed by atoms with Gasteiger partial charge in [0.05, 0.1) is 22.5 Å². The smallest absolute Gasteiger partial charge is 0.0774 e. The maximum atomic E-state index is 7.28. The van der Waals surface area contributed by atoms with Gasteiger partial charge in [-0.1, -0.05) is 174 Å². The van der Waals surface area contributed by atoms with Crippen LogP contribution in [0.25, 0.3) is 71.7 Å². The molecule has 0 N–H and O–H groups in total. The number of aromatic nitrogens is 3. The summed E-state index contributed by atoms with van der Waals surface area (Å²) >= 11 is 1.66. The normalized spacial score (nSPS) is 12.8. The molecule has 3 nitrogen and oxygen atoms in total. The molecule has 0 saturated heterocycles. The van der Waals surface area contributed by atoms with E-state index in [1.165, 1.54) is 56.7 Å². The van der Waals surface area contributed by atoms with Crippen molar-refractivity contribution >= 4 is 32.5 Å². The third-order valence-corrected chi connectivity index (χ3v) is 10.8. The third-order valence-electron chi connectivity index (χ3n) is 9.89. The van der Waals surface area contributed by atoms with E-state index in [0.29, 0.717) is 11.3 Å². The Hall–Kier alpha value is -6.23. The van der Waals surface area contributed by atoms with Crippen molar-refractivity contribution in [3.8, 4) is 50.6 Å². The number of benzene rings is 7. The van der Waals surface area contributed by atoms with Gasteiger partial charge >= 0.3 is 0 Å². The maximum absolute atomic E-state index is 7.28. The van der Waals surface area contributed by atoms with Gasteiger partial charge in [-0.25, -0.2) is 0 Å². The fourth-order valence-corrected chi connectivity index (χ4v) is 7.99. The van der Waals surface area contributed by atoms with Crippen molar-refractivity contribution in [2.24, 2.45) is 0 Å². The van der Waals surface area contributed by atoms with E-state index in [0.717, 1.165) is 45.7 Å². The molecule has 0 fully saturated rings. The predicted molar refractivity (Wildman–Crippen MR) is 239 cm³/mol. The number of nitrogens with zero attached hydrogens (tertiary/aromatic N) is 3. The van der Waals surface area contributed by atoms with Crippen LogP contribution < -0.4 is 0 Å². The first kappa shape index (κ1) is 31.8. The number of imidazole rings is 1. The van der Waals surface area contributed by atoms with Crippen molar-refractivity contribution in [1.82, 2.24) is 14.5 Å². The number of para-hydroxylation sites is 3. The standard InChI is InChI=1S/C40H27N2S.C13H12N.Ir/c1-4-13-28(14-5-1)25-29-23-24-38-34(26-29)35(27-43-38)40-41-36-21-10-11-22-37(36)42(40)39-32(30-15-6-2-7-16-30)19-12-20-33(39)31-17-8-3-9-18-31;1-10-3-6-12(7-4-10)13-8-5-11(2)9-14-13;/h1-24,26H,25H2;3-6,8-9H,1-2H3;/q2*-1;/i;1D3,2D3;. The zero-order valence-electron chi connectivity index (χ0n) is 37.2. The summed E-state index contributed by atoms with van der Waals surface area (Å²) in [5.41, 5.74) is 13.0. The molecule has 10 aromatic rings. The molecule has 0 aliphatic rings. The first-order valence-corrected chi connectivity index (χ1v) is 19.5. The molecule has 5 heteroatoms. The van der Waals surface area contributed by atoms with Crippen LogP contribution in [-0.2, 0) is 26.5 Å². The Kier molecular flexibility index (Phi) is 9.60. The molecule has 7 aromatic carbocycles. The minimum Gasteiger partial charge on any atom is -0.332 e. The minimum absolute atomic E-state index is 0. The second-order valence-corrected chi connectivity index (χ2v) is 14.5. The Balaban J connectivity index is 0.000000225. The van der Waals surface area contributed by atoms with E-state index in [2.05, 4.69) is 173 Å². The van der Waals surface area contributed by atoms with Gasteiger partial charge in [0.25, 0.3) is 0 Å². The van der Waals surface area contributed by atoms with Gasteiger partial charge in [-0.2, -0.15) is 0 Å². The van der Waals surface area contributed by atoms with Crippen molar-refractivity contribution in [2.75, 3.05) is 0 Å². The van der Waals surface area contributed by atoms with Gasteiger partial charge in [0.1, 0.15) is 0 Å². The van der Waals surface area contributed by atoms with Crippen molar-refractivity contribution in [2.45, 2.75) is 20.1 Å². The molecule has 0 bridgehead atoms. The van der Waals surface area contributed by atoms with Gasteiger partial charge in [-0.3, -0.25) is 16.3 Å². The zero-order chi connectivity index (χ0) is 43.6. The number of rotatable bonds is 7. The number of pyridine rings is 1. The summed E-state index contributed by atoms with van der Waals surface area (Å²) in [4.78, 5) is 9.38. The molecule has 0 aliphatic carbocycles. The topological polar surface area (TPSA) is 30.7 Å². The quantitative estimate of drug-likeness (QED) is 0.149. The number of aryl methyl sites for hydroxylation is 2. The first-order valence-electron chi connectivity index (χ1n) is 21.7. The molecule has 0 spiro atoms. The van der Waals surface area contributed by atoms with Crippen LogP contribution >= 0.6 is 11.3 Å². The molecule has 1 radical (unpaired) electrons. The van der Waals surface area contributed by atoms with Crippen LogP contribution in [0.3, 0.4) is 0 Å². The van der Waals surface area contributed by atoms with Crippen LogP contribution in [0.2, 0.25) is 0 Å². The average Bonchev–Trinajstić information content (AvgIpc) is 3.91. The summed E-state index contributed by atoms with van der Waals surface area (Å²) in [7, 11) is 0. The van der Waals surface area contributed by atoms with Gasteiger partial charge in [0.2, 0.25) is 0 Å². The molecular weight excluding hydrogens is 903 g/mol. The maximum Gasteiger partial charge on any atom is 0.0774 e. The molecule has 0 amide bonds. The largest absolute Gasteiger partial charge is 0.332 e. The second kappa shape index (κ2) is 17.5. The molecule has 0 saturated carbocycles. The number of thiophene rings is 1. The van der Waals surface area contributed by atoms with E-state index >= 15 is 0 Å². The van der Waals surface area contributed by atoms with E-state index in [1.54, 1.807) is 23.5 Å². The van der Waals surface area contributed by atoms with E-state index in [4.69, 9.17) is 13.2 Å². The van der Waals surface area contributed by atoms with Gasteiger partial charge in [-0.05, 0) is 53.4 Å². The molecule has 3 aromatic heterocycles. The fourth-order valence-electron chi connectivity index (χ4n) is 7.17. The van der Waals surface area contributed by atoms with Crippen LogP contribution in [0, 0.1) is 25.2 Å². The van der Waals surface area contributed by atoms with Crippen LogP contribution in [0.4, 0.5) is 0 Å². The second-order valence-electron chi connectivity index (χ2n) is 13.7. The van der Waals surface area contributed by atoms with E-state index in [1.807, 2.05) is 0 Å². The van der Waals surface area contributed by atoms with Crippen LogP contribution in [0.15, 0.2) is 188 Å². The third kappa shape index (κ3) is 8.12. The van der Waals surface area contributed by atoms with E-state index in [-0.39, 0.29) is 31.2 Å². The zero-order valence-corrected chi connectivity index (χ0v) is 34.4. The monoisotopic (exact) mass is 948 g/mol. The molecule has 58 heavy (non-hydrogen) atoms. The Bertz CT molecular complexity index is 3030. The van der Waals surface area contributed by atoms with Crippen LogP contribution in [-0.4, -0.2) is 14.5 Å². The predicted octanol–water partition coefficient (Wildman–Crippen LogP) is 13.8. The van der Waals surface area contributed by atoms with E-state index in [9.17, 15) is 0 Å². The van der Waals surface area contributed by atoms with Gasteiger partial charge in [0.15, 0.2) is 0 Å². The molecule has 283 valence electrons. The van der Waals surface area contributed by atoms with Gasteiger partial charge in [0, 0.05) is 45.7 Å². The molecule has 3 heterocycles. The fraction of sp³-hybridized carbons (Fsp3) is 0.0566. The summed E-state index contributed by atoms with van der Waals surface area (Å²) < 4.78 is 47.2. The van der Waals surface area contributed by atoms with Crippen molar-refractivity contribution in [3.63, 3.8) is 0 Å². The summed E-state index contributed by atoms with van der Waals surface area (Å²) in [5, 5.41) is 4.86. The minimum atomic E-state index is -2.18.